The average molecular weight is 903 g/mol. The summed E-state index contributed by atoms with van der Waals surface area (Å²) in [6.07, 6.45) is -9.99. The lowest BCUT2D eigenvalue weighted by atomic mass is 9.68. The van der Waals surface area contributed by atoms with Crippen LogP contribution in [0.2, 0.25) is 0 Å². The van der Waals surface area contributed by atoms with Gasteiger partial charge in [0.2, 0.25) is 23.1 Å². The minimum Gasteiger partial charge on any atom is -0.457 e. The number of carbonyl (C=O) groups excluding carboxylic acids is 4. The maximum Gasteiger partial charge on any atom is 0.417 e. The van der Waals surface area contributed by atoms with E-state index in [1.165, 1.54) is 60.7 Å². The molecule has 0 bridgehead atoms. The van der Waals surface area contributed by atoms with Crippen LogP contribution in [0.15, 0.2) is 194 Å². The standard InChI is InChI=1S/C55H32F6O6/c56-54(57,58)47-31-39(27-29-43(47)51(64)49(62)33-11-3-1-4-12-33)66-37-23-19-35(20-24-37)53(45-17-9-7-15-41(45)42-16-8-10-18-46(42)53)36-21-25-38(26-22-36)67-40-28-30-44(48(32-40)55(59,60)61)52(65)50(63)34-13-5-2-6-14-34/h1-32H. The second-order valence-electron chi connectivity index (χ2n) is 15.6. The van der Waals surface area contributed by atoms with Crippen molar-refractivity contribution >= 4 is 23.1 Å². The van der Waals surface area contributed by atoms with E-state index in [1.807, 2.05) is 48.5 Å². The highest BCUT2D eigenvalue weighted by Gasteiger charge is 2.46. The first-order valence-electron chi connectivity index (χ1n) is 20.6. The molecule has 0 N–H and O–H groups in total. The van der Waals surface area contributed by atoms with Crippen LogP contribution in [-0.2, 0) is 17.8 Å². The number of hydrogen-bond acceptors (Lipinski definition) is 6. The van der Waals surface area contributed by atoms with Crippen LogP contribution < -0.4 is 9.47 Å². The Balaban J connectivity index is 1.04. The lowest BCUT2D eigenvalue weighted by Crippen LogP contribution is -2.28. The first kappa shape index (κ1) is 43.9. The van der Waals surface area contributed by atoms with Gasteiger partial charge in [0.1, 0.15) is 23.0 Å². The highest BCUT2D eigenvalue weighted by Crippen LogP contribution is 2.56. The van der Waals surface area contributed by atoms with Gasteiger partial charge >= 0.3 is 12.4 Å². The smallest absolute Gasteiger partial charge is 0.417 e. The molecule has 0 saturated carbocycles. The predicted molar refractivity (Wildman–Crippen MR) is 237 cm³/mol. The molecule has 12 heteroatoms. The number of rotatable bonds is 12. The van der Waals surface area contributed by atoms with E-state index in [2.05, 4.69) is 0 Å². The van der Waals surface area contributed by atoms with E-state index in [9.17, 15) is 45.5 Å². The van der Waals surface area contributed by atoms with Gasteiger partial charge in [-0.05, 0) is 94.0 Å². The molecule has 6 nitrogen and oxygen atoms in total. The molecule has 0 atom stereocenters. The number of Topliss-reactive ketones (excluding diaryl/α,β-unsaturated/α-hetero) is 4. The van der Waals surface area contributed by atoms with Crippen LogP contribution in [0.25, 0.3) is 11.1 Å². The number of carbonyl (C=O) groups is 4. The fourth-order valence-corrected chi connectivity index (χ4v) is 8.57. The van der Waals surface area contributed by atoms with Crippen LogP contribution in [0.1, 0.15) is 74.8 Å². The molecule has 9 rings (SSSR count). The monoisotopic (exact) mass is 902 g/mol. The Morgan fingerprint density at radius 1 is 0.358 bits per heavy atom. The van der Waals surface area contributed by atoms with E-state index >= 15 is 0 Å². The Labute approximate surface area is 378 Å². The number of halogens is 6. The van der Waals surface area contributed by atoms with Crippen molar-refractivity contribution in [3.8, 4) is 34.1 Å². The lowest BCUT2D eigenvalue weighted by molar-refractivity contribution is -0.138. The average Bonchev–Trinajstić information content (AvgIpc) is 3.64. The van der Waals surface area contributed by atoms with Gasteiger partial charge in [0, 0.05) is 22.3 Å². The summed E-state index contributed by atoms with van der Waals surface area (Å²) < 4.78 is 98.1. The molecule has 0 amide bonds. The fraction of sp³-hybridized carbons (Fsp3) is 0.0545. The minimum absolute atomic E-state index is 0.0465. The summed E-state index contributed by atoms with van der Waals surface area (Å²) in [5.74, 6) is -4.90. The summed E-state index contributed by atoms with van der Waals surface area (Å²) in [6.45, 7) is 0. The van der Waals surface area contributed by atoms with Crippen LogP contribution in [0.3, 0.4) is 0 Å². The van der Waals surface area contributed by atoms with Crippen molar-refractivity contribution in [3.05, 3.63) is 250 Å². The van der Waals surface area contributed by atoms with E-state index in [4.69, 9.17) is 9.47 Å². The summed E-state index contributed by atoms with van der Waals surface area (Å²) in [4.78, 5) is 51.8. The molecule has 1 aliphatic carbocycles. The number of hydrogen-bond donors (Lipinski definition) is 0. The van der Waals surface area contributed by atoms with Crippen LogP contribution in [-0.4, -0.2) is 23.1 Å². The zero-order valence-electron chi connectivity index (χ0n) is 34.7. The summed E-state index contributed by atoms with van der Waals surface area (Å²) >= 11 is 0. The molecule has 67 heavy (non-hydrogen) atoms. The molecular formula is C55H32F6O6. The maximum absolute atomic E-state index is 14.4. The van der Waals surface area contributed by atoms with Crippen molar-refractivity contribution in [1.29, 1.82) is 0 Å². The van der Waals surface area contributed by atoms with Gasteiger partial charge in [0.05, 0.1) is 16.5 Å². The normalized spacial score (nSPS) is 12.7. The SMILES string of the molecule is O=C(C(=O)c1ccc(Oc2ccc(C3(c4ccc(Oc5ccc(C(=O)C(=O)c6ccccc6)c(C(F)(F)F)c5)cc4)c4ccccc4-c4ccccc43)cc2)cc1C(F)(F)F)c1ccccc1. The van der Waals surface area contributed by atoms with Gasteiger partial charge in [-0.3, -0.25) is 19.2 Å². The molecule has 0 aliphatic heterocycles. The minimum atomic E-state index is -5.00. The first-order valence-corrected chi connectivity index (χ1v) is 20.6. The molecule has 0 fully saturated rings. The zero-order chi connectivity index (χ0) is 47.1. The summed E-state index contributed by atoms with van der Waals surface area (Å²) in [7, 11) is 0. The quantitative estimate of drug-likeness (QED) is 0.0689. The van der Waals surface area contributed by atoms with Crippen molar-refractivity contribution in [3.63, 3.8) is 0 Å². The van der Waals surface area contributed by atoms with Crippen LogP contribution in [0.5, 0.6) is 23.0 Å². The van der Waals surface area contributed by atoms with E-state index in [1.54, 1.807) is 60.7 Å². The van der Waals surface area contributed by atoms with Gasteiger partial charge < -0.3 is 9.47 Å². The molecule has 0 aromatic heterocycles. The predicted octanol–water partition coefficient (Wildman–Crippen LogP) is 13.8. The second kappa shape index (κ2) is 17.2. The summed E-state index contributed by atoms with van der Waals surface area (Å²) in [6, 6.07) is 49.3. The number of benzene rings is 8. The summed E-state index contributed by atoms with van der Waals surface area (Å²) in [5.41, 5.74) is -0.195. The number of ether oxygens (including phenoxy) is 2. The first-order chi connectivity index (χ1) is 32.1. The van der Waals surface area contributed by atoms with Crippen molar-refractivity contribution in [2.75, 3.05) is 0 Å². The molecule has 1 aliphatic rings. The van der Waals surface area contributed by atoms with Gasteiger partial charge in [-0.25, -0.2) is 0 Å². The van der Waals surface area contributed by atoms with Crippen LogP contribution in [0.4, 0.5) is 26.3 Å². The van der Waals surface area contributed by atoms with Gasteiger partial charge in [0.15, 0.2) is 0 Å². The molecular weight excluding hydrogens is 871 g/mol. The van der Waals surface area contributed by atoms with Crippen LogP contribution in [0, 0.1) is 0 Å². The van der Waals surface area contributed by atoms with Crippen molar-refractivity contribution in [2.24, 2.45) is 0 Å². The molecule has 0 spiro atoms. The molecule has 0 radical (unpaired) electrons. The van der Waals surface area contributed by atoms with Crippen LogP contribution >= 0.6 is 0 Å². The van der Waals surface area contributed by atoms with Gasteiger partial charge in [-0.1, -0.05) is 133 Å². The Morgan fingerprint density at radius 3 is 1.04 bits per heavy atom. The zero-order valence-corrected chi connectivity index (χ0v) is 34.7. The topological polar surface area (TPSA) is 86.7 Å². The highest BCUT2D eigenvalue weighted by molar-refractivity contribution is 6.50. The summed E-state index contributed by atoms with van der Waals surface area (Å²) in [5, 5.41) is 0. The largest absolute Gasteiger partial charge is 0.457 e. The van der Waals surface area contributed by atoms with Crippen molar-refractivity contribution in [2.45, 2.75) is 17.8 Å². The highest BCUT2D eigenvalue weighted by atomic mass is 19.4. The molecule has 8 aromatic carbocycles. The maximum atomic E-state index is 14.4. The third kappa shape index (κ3) is 8.18. The molecule has 0 saturated heterocycles. The number of ketones is 4. The molecule has 8 aromatic rings. The fourth-order valence-electron chi connectivity index (χ4n) is 8.57. The van der Waals surface area contributed by atoms with Crippen molar-refractivity contribution in [1.82, 2.24) is 0 Å². The van der Waals surface area contributed by atoms with E-state index in [0.717, 1.165) is 45.5 Å². The van der Waals surface area contributed by atoms with E-state index < -0.39 is 63.2 Å². The second-order valence-corrected chi connectivity index (χ2v) is 15.6. The van der Waals surface area contributed by atoms with E-state index in [-0.39, 0.29) is 34.1 Å². The Hall–Kier alpha value is -8.38. The number of fused-ring (bicyclic) bond motifs is 3. The van der Waals surface area contributed by atoms with Crippen molar-refractivity contribution < 1.29 is 55.0 Å². The Morgan fingerprint density at radius 2 is 0.687 bits per heavy atom. The lowest BCUT2D eigenvalue weighted by Gasteiger charge is -2.34. The Kier molecular flexibility index (Phi) is 11.3. The molecule has 0 unspecified atom stereocenters. The third-order valence-corrected chi connectivity index (χ3v) is 11.6. The van der Waals surface area contributed by atoms with Gasteiger partial charge in [0.25, 0.3) is 0 Å². The molecule has 0 heterocycles. The van der Waals surface area contributed by atoms with Gasteiger partial charge in [-0.15, -0.1) is 0 Å². The Bertz CT molecular complexity index is 3000. The van der Waals surface area contributed by atoms with Gasteiger partial charge in [-0.2, -0.15) is 26.3 Å². The number of alkyl halides is 6. The third-order valence-electron chi connectivity index (χ3n) is 11.6. The van der Waals surface area contributed by atoms with E-state index in [0.29, 0.717) is 12.1 Å². The molecule has 330 valence electrons.